The molecule has 0 spiro atoms. The van der Waals surface area contributed by atoms with Crippen LogP contribution in [0.3, 0.4) is 0 Å². The summed E-state index contributed by atoms with van der Waals surface area (Å²) in [6.45, 7) is 0. The summed E-state index contributed by atoms with van der Waals surface area (Å²) in [7, 11) is 1.60. The standard InChI is InChI=1S/C25H18ClN3O4/c1-33-21-11-7-17(8-12-21)25-19(16-28(27-25)20-5-3-2-4-6-20)10-14-24(30)18-9-13-22(26)23(15-18)29(31)32/h2-16H,1H3. The van der Waals surface area contributed by atoms with E-state index in [9.17, 15) is 14.9 Å². The van der Waals surface area contributed by atoms with Crippen molar-refractivity contribution >= 4 is 29.1 Å². The maximum absolute atomic E-state index is 12.7. The van der Waals surface area contributed by atoms with E-state index in [1.54, 1.807) is 17.9 Å². The van der Waals surface area contributed by atoms with Crippen LogP contribution < -0.4 is 4.74 Å². The van der Waals surface area contributed by atoms with Crippen molar-refractivity contribution in [2.24, 2.45) is 0 Å². The fraction of sp³-hybridized carbons (Fsp3) is 0.0400. The number of hydrogen-bond donors (Lipinski definition) is 0. The Morgan fingerprint density at radius 3 is 2.48 bits per heavy atom. The van der Waals surface area contributed by atoms with Crippen molar-refractivity contribution in [3.8, 4) is 22.7 Å². The van der Waals surface area contributed by atoms with Gasteiger partial charge in [-0.2, -0.15) is 5.10 Å². The van der Waals surface area contributed by atoms with E-state index in [2.05, 4.69) is 0 Å². The molecule has 0 fully saturated rings. The van der Waals surface area contributed by atoms with Gasteiger partial charge in [-0.3, -0.25) is 14.9 Å². The predicted molar refractivity (Wildman–Crippen MR) is 127 cm³/mol. The van der Waals surface area contributed by atoms with Crippen molar-refractivity contribution in [3.05, 3.63) is 111 Å². The Bertz CT molecular complexity index is 1350. The second-order valence-corrected chi connectivity index (χ2v) is 7.47. The zero-order valence-electron chi connectivity index (χ0n) is 17.5. The summed E-state index contributed by atoms with van der Waals surface area (Å²) in [5, 5.41) is 15.8. The van der Waals surface area contributed by atoms with E-state index in [4.69, 9.17) is 21.4 Å². The maximum Gasteiger partial charge on any atom is 0.288 e. The largest absolute Gasteiger partial charge is 0.497 e. The molecule has 0 aliphatic heterocycles. The molecule has 4 aromatic rings. The molecule has 1 aromatic heterocycles. The van der Waals surface area contributed by atoms with E-state index in [1.807, 2.05) is 60.8 Å². The lowest BCUT2D eigenvalue weighted by Crippen LogP contribution is -1.97. The van der Waals surface area contributed by atoms with Crippen LogP contribution in [0.25, 0.3) is 23.0 Å². The van der Waals surface area contributed by atoms with E-state index in [0.29, 0.717) is 11.3 Å². The molecule has 0 radical (unpaired) electrons. The molecule has 0 amide bonds. The molecule has 1 heterocycles. The van der Waals surface area contributed by atoms with Gasteiger partial charge >= 0.3 is 0 Å². The third-order valence-corrected chi connectivity index (χ3v) is 5.29. The zero-order valence-corrected chi connectivity index (χ0v) is 18.3. The molecule has 7 nitrogen and oxygen atoms in total. The third-order valence-electron chi connectivity index (χ3n) is 4.97. The minimum atomic E-state index is -0.617. The maximum atomic E-state index is 12.7. The Morgan fingerprint density at radius 2 is 1.82 bits per heavy atom. The van der Waals surface area contributed by atoms with E-state index in [1.165, 1.54) is 24.3 Å². The molecule has 164 valence electrons. The number of carbonyl (C=O) groups excluding carboxylic acids is 1. The summed E-state index contributed by atoms with van der Waals surface area (Å²) in [5.74, 6) is 0.334. The molecule has 0 unspecified atom stereocenters. The number of rotatable bonds is 7. The molecular formula is C25H18ClN3O4. The van der Waals surface area contributed by atoms with Crippen LogP contribution >= 0.6 is 11.6 Å². The Hall–Kier alpha value is -4.23. The first-order valence-electron chi connectivity index (χ1n) is 9.92. The van der Waals surface area contributed by atoms with Crippen LogP contribution in [0, 0.1) is 10.1 Å². The number of aromatic nitrogens is 2. The first-order chi connectivity index (χ1) is 16.0. The van der Waals surface area contributed by atoms with Crippen molar-refractivity contribution in [3.63, 3.8) is 0 Å². The van der Waals surface area contributed by atoms with Crippen molar-refractivity contribution in [2.75, 3.05) is 7.11 Å². The molecule has 0 N–H and O–H groups in total. The fourth-order valence-corrected chi connectivity index (χ4v) is 3.45. The first kappa shape index (κ1) is 22.0. The van der Waals surface area contributed by atoms with Gasteiger partial charge in [-0.05, 0) is 60.7 Å². The van der Waals surface area contributed by atoms with Crippen LogP contribution in [0.1, 0.15) is 15.9 Å². The summed E-state index contributed by atoms with van der Waals surface area (Å²) in [6.07, 6.45) is 4.84. The van der Waals surface area contributed by atoms with E-state index in [0.717, 1.165) is 17.0 Å². The van der Waals surface area contributed by atoms with Gasteiger partial charge in [0.15, 0.2) is 5.78 Å². The van der Waals surface area contributed by atoms with Crippen LogP contribution in [-0.4, -0.2) is 27.6 Å². The van der Waals surface area contributed by atoms with Gasteiger partial charge < -0.3 is 4.74 Å². The van der Waals surface area contributed by atoms with Gasteiger partial charge in [-0.25, -0.2) is 4.68 Å². The lowest BCUT2D eigenvalue weighted by molar-refractivity contribution is -0.384. The summed E-state index contributed by atoms with van der Waals surface area (Å²) < 4.78 is 6.96. The molecular weight excluding hydrogens is 442 g/mol. The minimum Gasteiger partial charge on any atom is -0.497 e. The Balaban J connectivity index is 1.72. The Morgan fingerprint density at radius 1 is 1.09 bits per heavy atom. The quantitative estimate of drug-likeness (QED) is 0.146. The van der Waals surface area contributed by atoms with Crippen LogP contribution in [-0.2, 0) is 0 Å². The molecule has 0 aliphatic carbocycles. The van der Waals surface area contributed by atoms with Gasteiger partial charge in [-0.15, -0.1) is 0 Å². The summed E-state index contributed by atoms with van der Waals surface area (Å²) in [6, 6.07) is 21.0. The van der Waals surface area contributed by atoms with Gasteiger partial charge in [0.2, 0.25) is 0 Å². The number of nitro groups is 1. The number of nitrogens with zero attached hydrogens (tertiary/aromatic N) is 3. The van der Waals surface area contributed by atoms with Crippen molar-refractivity contribution in [1.82, 2.24) is 9.78 Å². The van der Waals surface area contributed by atoms with Crippen LogP contribution in [0.15, 0.2) is 85.1 Å². The van der Waals surface area contributed by atoms with Crippen LogP contribution in [0.5, 0.6) is 5.75 Å². The number of benzene rings is 3. The van der Waals surface area contributed by atoms with Gasteiger partial charge in [-0.1, -0.05) is 29.8 Å². The molecule has 0 saturated heterocycles. The average molecular weight is 460 g/mol. The number of carbonyl (C=O) groups is 1. The summed E-state index contributed by atoms with van der Waals surface area (Å²) in [5.41, 5.74) is 2.95. The number of halogens is 1. The van der Waals surface area contributed by atoms with E-state index < -0.39 is 4.92 Å². The van der Waals surface area contributed by atoms with E-state index in [-0.39, 0.29) is 22.1 Å². The Labute approximate surface area is 194 Å². The fourth-order valence-electron chi connectivity index (χ4n) is 3.26. The SMILES string of the molecule is COc1ccc(-c2nn(-c3ccccc3)cc2C=CC(=O)c2ccc(Cl)c([N+](=O)[O-])c2)cc1. The molecule has 0 bridgehead atoms. The molecule has 0 aliphatic rings. The molecule has 0 saturated carbocycles. The monoisotopic (exact) mass is 459 g/mol. The van der Waals surface area contributed by atoms with Gasteiger partial charge in [0, 0.05) is 29.0 Å². The minimum absolute atomic E-state index is 0.0218. The number of para-hydroxylation sites is 1. The number of nitro benzene ring substituents is 1. The summed E-state index contributed by atoms with van der Waals surface area (Å²) in [4.78, 5) is 23.2. The number of ketones is 1. The van der Waals surface area contributed by atoms with E-state index >= 15 is 0 Å². The van der Waals surface area contributed by atoms with Crippen LogP contribution in [0.4, 0.5) is 5.69 Å². The van der Waals surface area contributed by atoms with Crippen LogP contribution in [0.2, 0.25) is 5.02 Å². The highest BCUT2D eigenvalue weighted by Crippen LogP contribution is 2.28. The van der Waals surface area contributed by atoms with Gasteiger partial charge in [0.25, 0.3) is 5.69 Å². The van der Waals surface area contributed by atoms with Gasteiger partial charge in [0.1, 0.15) is 10.8 Å². The number of ether oxygens (including phenoxy) is 1. The number of methoxy groups -OCH3 is 1. The zero-order chi connectivity index (χ0) is 23.4. The molecule has 3 aromatic carbocycles. The van der Waals surface area contributed by atoms with Crippen molar-refractivity contribution < 1.29 is 14.5 Å². The topological polar surface area (TPSA) is 87.3 Å². The summed E-state index contributed by atoms with van der Waals surface area (Å²) >= 11 is 5.85. The molecule has 4 rings (SSSR count). The second-order valence-electron chi connectivity index (χ2n) is 7.06. The second kappa shape index (κ2) is 9.50. The highest BCUT2D eigenvalue weighted by Gasteiger charge is 2.16. The Kier molecular flexibility index (Phi) is 6.33. The normalized spacial score (nSPS) is 11.0. The molecule has 8 heteroatoms. The predicted octanol–water partition coefficient (Wildman–Crippen LogP) is 6.01. The lowest BCUT2D eigenvalue weighted by atomic mass is 10.1. The molecule has 0 atom stereocenters. The van der Waals surface area contributed by atoms with Crippen molar-refractivity contribution in [1.29, 1.82) is 0 Å². The molecule has 33 heavy (non-hydrogen) atoms. The smallest absolute Gasteiger partial charge is 0.288 e. The highest BCUT2D eigenvalue weighted by atomic mass is 35.5. The number of allylic oxidation sites excluding steroid dienone is 1. The lowest BCUT2D eigenvalue weighted by Gasteiger charge is -2.03. The van der Waals surface area contributed by atoms with Gasteiger partial charge in [0.05, 0.1) is 23.4 Å². The van der Waals surface area contributed by atoms with Crippen molar-refractivity contribution in [2.45, 2.75) is 0 Å². The third kappa shape index (κ3) is 4.83. The first-order valence-corrected chi connectivity index (χ1v) is 10.3. The average Bonchev–Trinajstić information content (AvgIpc) is 3.27. The number of hydrogen-bond acceptors (Lipinski definition) is 5. The highest BCUT2D eigenvalue weighted by molar-refractivity contribution is 6.32.